The summed E-state index contributed by atoms with van der Waals surface area (Å²) in [4.78, 5) is 21.5. The highest BCUT2D eigenvalue weighted by Gasteiger charge is 2.24. The van der Waals surface area contributed by atoms with E-state index in [1.165, 1.54) is 11.1 Å². The minimum absolute atomic E-state index is 0.0960. The molecule has 3 aromatic rings. The summed E-state index contributed by atoms with van der Waals surface area (Å²) in [5, 5.41) is 10.1. The fraction of sp³-hybridized carbons (Fsp3) is 0.385. The summed E-state index contributed by atoms with van der Waals surface area (Å²) in [5.41, 5.74) is 4.31. The molecule has 1 aliphatic heterocycles. The van der Waals surface area contributed by atoms with Gasteiger partial charge < -0.3 is 15.5 Å². The number of aromatic nitrogens is 1. The Morgan fingerprint density at radius 2 is 1.88 bits per heavy atom. The van der Waals surface area contributed by atoms with Gasteiger partial charge in [-0.1, -0.05) is 24.3 Å². The number of nitrogens with zero attached hydrogens (tertiary/aromatic N) is 3. The molecule has 0 unspecified atom stereocenters. The van der Waals surface area contributed by atoms with Gasteiger partial charge in [0.1, 0.15) is 5.01 Å². The number of hydrogen-bond donors (Lipinski definition) is 2. The van der Waals surface area contributed by atoms with Crippen molar-refractivity contribution in [1.29, 1.82) is 0 Å². The minimum atomic E-state index is 0.0960. The van der Waals surface area contributed by atoms with E-state index >= 15 is 0 Å². The van der Waals surface area contributed by atoms with E-state index in [2.05, 4.69) is 56.9 Å². The summed E-state index contributed by atoms with van der Waals surface area (Å²) in [6, 6.07) is 17.0. The van der Waals surface area contributed by atoms with Crippen LogP contribution >= 0.6 is 11.3 Å². The minimum Gasteiger partial charge on any atom is -0.379 e. The molecule has 1 saturated heterocycles. The van der Waals surface area contributed by atoms with Crippen LogP contribution in [-0.4, -0.2) is 60.0 Å². The van der Waals surface area contributed by atoms with Gasteiger partial charge >= 0.3 is 0 Å². The molecule has 6 nitrogen and oxygen atoms in total. The van der Waals surface area contributed by atoms with Crippen molar-refractivity contribution >= 4 is 22.9 Å². The summed E-state index contributed by atoms with van der Waals surface area (Å²) >= 11 is 1.66. The number of rotatable bonds is 9. The van der Waals surface area contributed by atoms with E-state index in [0.29, 0.717) is 0 Å². The van der Waals surface area contributed by atoms with Crippen molar-refractivity contribution in [3.63, 3.8) is 0 Å². The fourth-order valence-corrected chi connectivity index (χ4v) is 4.95. The van der Waals surface area contributed by atoms with Crippen LogP contribution in [0.1, 0.15) is 46.4 Å². The Morgan fingerprint density at radius 1 is 1.12 bits per heavy atom. The third-order valence-electron chi connectivity index (χ3n) is 6.17. The number of anilines is 1. The monoisotopic (exact) mass is 463 g/mol. The van der Waals surface area contributed by atoms with E-state index in [1.807, 2.05) is 42.5 Å². The predicted molar refractivity (Wildman–Crippen MR) is 136 cm³/mol. The molecule has 7 heteroatoms. The molecule has 4 rings (SSSR count). The molecule has 0 spiro atoms. The highest BCUT2D eigenvalue weighted by atomic mass is 32.1. The van der Waals surface area contributed by atoms with Gasteiger partial charge in [0, 0.05) is 62.1 Å². The van der Waals surface area contributed by atoms with Crippen molar-refractivity contribution in [2.45, 2.75) is 26.4 Å². The van der Waals surface area contributed by atoms with Crippen molar-refractivity contribution in [2.75, 3.05) is 44.6 Å². The molecule has 174 valence electrons. The first-order valence-electron chi connectivity index (χ1n) is 11.8. The molecule has 0 saturated carbocycles. The maximum Gasteiger partial charge on any atom is 0.253 e. The molecule has 1 atom stereocenters. The lowest BCUT2D eigenvalue weighted by atomic mass is 9.95. The molecule has 1 aliphatic rings. The first-order valence-corrected chi connectivity index (χ1v) is 12.6. The van der Waals surface area contributed by atoms with E-state index in [9.17, 15) is 4.79 Å². The molecular weight excluding hydrogens is 430 g/mol. The Hall–Kier alpha value is -2.74. The third kappa shape index (κ3) is 5.79. The van der Waals surface area contributed by atoms with E-state index < -0.39 is 0 Å². The Morgan fingerprint density at radius 3 is 2.55 bits per heavy atom. The van der Waals surface area contributed by atoms with Crippen molar-refractivity contribution in [3.8, 4) is 0 Å². The molecule has 33 heavy (non-hydrogen) atoms. The molecule has 0 bridgehead atoms. The third-order valence-corrected chi connectivity index (χ3v) is 6.95. The van der Waals surface area contributed by atoms with Gasteiger partial charge in [-0.05, 0) is 49.2 Å². The van der Waals surface area contributed by atoms with Crippen LogP contribution in [0.15, 0.2) is 60.1 Å². The van der Waals surface area contributed by atoms with Crippen LogP contribution in [0, 0.1) is 0 Å². The molecular formula is C26H33N5OS. The Balaban J connectivity index is 1.59. The predicted octanol–water partition coefficient (Wildman–Crippen LogP) is 4.23. The maximum atomic E-state index is 12.8. The number of piperazine rings is 1. The molecule has 1 fully saturated rings. The molecule has 1 aromatic heterocycles. The zero-order valence-electron chi connectivity index (χ0n) is 19.5. The topological polar surface area (TPSA) is 60.5 Å². The quantitative estimate of drug-likeness (QED) is 0.497. The van der Waals surface area contributed by atoms with Crippen LogP contribution in [0.25, 0.3) is 0 Å². The summed E-state index contributed by atoms with van der Waals surface area (Å²) in [6.07, 6.45) is 1.84. The van der Waals surface area contributed by atoms with E-state index in [1.54, 1.807) is 11.3 Å². The van der Waals surface area contributed by atoms with Gasteiger partial charge in [-0.2, -0.15) is 0 Å². The van der Waals surface area contributed by atoms with Crippen LogP contribution < -0.4 is 10.6 Å². The summed E-state index contributed by atoms with van der Waals surface area (Å²) in [5.74, 6) is 0.0960. The standard InChI is InChI=1S/C26H33N5OS/c1-3-30(4-2)26(32)21-10-8-20(9-11-21)25(31-15-12-27-13-16-31)22-6-5-7-23(18-22)29-19-24-28-14-17-33-24/h5-11,14,17-18,25,27,29H,3-4,12-13,15-16,19H2,1-2H3/t25-/m0/s1. The summed E-state index contributed by atoms with van der Waals surface area (Å²) in [6.45, 7) is 10.2. The van der Waals surface area contributed by atoms with E-state index in [0.717, 1.165) is 62.1 Å². The average molecular weight is 464 g/mol. The summed E-state index contributed by atoms with van der Waals surface area (Å²) in [7, 11) is 0. The number of hydrogen-bond acceptors (Lipinski definition) is 6. The van der Waals surface area contributed by atoms with Gasteiger partial charge in [0.25, 0.3) is 5.91 Å². The van der Waals surface area contributed by atoms with Gasteiger partial charge in [-0.25, -0.2) is 4.98 Å². The fourth-order valence-electron chi connectivity index (χ4n) is 4.39. The van der Waals surface area contributed by atoms with Crippen molar-refractivity contribution in [2.24, 2.45) is 0 Å². The summed E-state index contributed by atoms with van der Waals surface area (Å²) < 4.78 is 0. The number of amides is 1. The zero-order chi connectivity index (χ0) is 23.0. The van der Waals surface area contributed by atoms with Gasteiger partial charge in [0.15, 0.2) is 0 Å². The van der Waals surface area contributed by atoms with Crippen LogP contribution in [0.3, 0.4) is 0 Å². The first-order chi connectivity index (χ1) is 16.2. The van der Waals surface area contributed by atoms with E-state index in [-0.39, 0.29) is 11.9 Å². The van der Waals surface area contributed by atoms with Crippen LogP contribution in [0.2, 0.25) is 0 Å². The Bertz CT molecular complexity index is 1010. The molecule has 2 N–H and O–H groups in total. The largest absolute Gasteiger partial charge is 0.379 e. The van der Waals surface area contributed by atoms with Crippen LogP contribution in [-0.2, 0) is 6.54 Å². The molecule has 0 radical (unpaired) electrons. The number of carbonyl (C=O) groups is 1. The van der Waals surface area contributed by atoms with Gasteiger partial charge in [-0.3, -0.25) is 9.69 Å². The second kappa shape index (κ2) is 11.4. The molecule has 0 aliphatic carbocycles. The lowest BCUT2D eigenvalue weighted by molar-refractivity contribution is 0.0773. The van der Waals surface area contributed by atoms with Gasteiger partial charge in [0.05, 0.1) is 12.6 Å². The highest BCUT2D eigenvalue weighted by molar-refractivity contribution is 7.09. The highest BCUT2D eigenvalue weighted by Crippen LogP contribution is 2.31. The number of nitrogens with one attached hydrogen (secondary N) is 2. The second-order valence-electron chi connectivity index (χ2n) is 8.19. The first kappa shape index (κ1) is 23.4. The smallest absolute Gasteiger partial charge is 0.253 e. The number of carbonyl (C=O) groups excluding carboxylic acids is 1. The lowest BCUT2D eigenvalue weighted by Crippen LogP contribution is -2.45. The number of thiazole rings is 1. The average Bonchev–Trinajstić information content (AvgIpc) is 3.39. The van der Waals surface area contributed by atoms with Crippen LogP contribution in [0.4, 0.5) is 5.69 Å². The van der Waals surface area contributed by atoms with Crippen molar-refractivity contribution in [1.82, 2.24) is 20.1 Å². The molecule has 1 amide bonds. The Kier molecular flexibility index (Phi) is 8.10. The SMILES string of the molecule is CCN(CC)C(=O)c1ccc([C@@H](c2cccc(NCc3nccs3)c2)N2CCNCC2)cc1. The van der Waals surface area contributed by atoms with Crippen molar-refractivity contribution in [3.05, 3.63) is 81.8 Å². The molecule has 2 heterocycles. The van der Waals surface area contributed by atoms with Crippen LogP contribution in [0.5, 0.6) is 0 Å². The maximum absolute atomic E-state index is 12.8. The number of benzene rings is 2. The van der Waals surface area contributed by atoms with E-state index in [4.69, 9.17) is 0 Å². The zero-order valence-corrected chi connectivity index (χ0v) is 20.3. The van der Waals surface area contributed by atoms with Gasteiger partial charge in [0.2, 0.25) is 0 Å². The normalized spacial score (nSPS) is 15.2. The van der Waals surface area contributed by atoms with Crippen molar-refractivity contribution < 1.29 is 4.79 Å². The Labute approximate surface area is 200 Å². The molecule has 2 aromatic carbocycles. The lowest BCUT2D eigenvalue weighted by Gasteiger charge is -2.36. The second-order valence-corrected chi connectivity index (χ2v) is 9.17. The van der Waals surface area contributed by atoms with Gasteiger partial charge in [-0.15, -0.1) is 11.3 Å².